The number of nitrogens with zero attached hydrogens (tertiary/aromatic N) is 2. The van der Waals surface area contributed by atoms with Crippen molar-refractivity contribution in [1.82, 2.24) is 9.80 Å². The van der Waals surface area contributed by atoms with Crippen molar-refractivity contribution in [3.05, 3.63) is 29.8 Å². The van der Waals surface area contributed by atoms with E-state index < -0.39 is 0 Å². The van der Waals surface area contributed by atoms with Gasteiger partial charge in [-0.15, -0.1) is 0 Å². The summed E-state index contributed by atoms with van der Waals surface area (Å²) in [7, 11) is 0. The molecule has 0 radical (unpaired) electrons. The Bertz CT molecular complexity index is 672. The summed E-state index contributed by atoms with van der Waals surface area (Å²) in [6.45, 7) is 11.2. The summed E-state index contributed by atoms with van der Waals surface area (Å²) in [6.07, 6.45) is 3.27. The first kappa shape index (κ1) is 20.8. The molecule has 0 bridgehead atoms. The third kappa shape index (κ3) is 4.93. The van der Waals surface area contributed by atoms with Crippen molar-refractivity contribution < 1.29 is 9.59 Å². The number of carbonyl (C=O) groups excluding carboxylic acids is 2. The third-order valence-electron chi connectivity index (χ3n) is 6.42. The maximum Gasteiger partial charge on any atom is 0.227 e. The maximum absolute atomic E-state index is 12.8. The number of anilines is 1. The van der Waals surface area contributed by atoms with E-state index in [1.165, 1.54) is 5.56 Å². The lowest BCUT2D eigenvalue weighted by molar-refractivity contribution is -0.139. The first-order valence-electron chi connectivity index (χ1n) is 10.9. The lowest BCUT2D eigenvalue weighted by Gasteiger charge is -2.37. The van der Waals surface area contributed by atoms with E-state index in [9.17, 15) is 9.59 Å². The van der Waals surface area contributed by atoms with E-state index in [-0.39, 0.29) is 17.7 Å². The first-order valence-corrected chi connectivity index (χ1v) is 10.9. The maximum atomic E-state index is 12.8. The number of likely N-dealkylation sites (N-methyl/N-ethyl adjacent to an activating group) is 1. The molecule has 1 aromatic carbocycles. The van der Waals surface area contributed by atoms with Crippen molar-refractivity contribution in [1.29, 1.82) is 0 Å². The topological polar surface area (TPSA) is 52.7 Å². The minimum Gasteiger partial charge on any atom is -0.340 e. The van der Waals surface area contributed by atoms with Crippen molar-refractivity contribution in [3.8, 4) is 0 Å². The monoisotopic (exact) mass is 385 g/mol. The van der Waals surface area contributed by atoms with E-state index in [4.69, 9.17) is 0 Å². The summed E-state index contributed by atoms with van der Waals surface area (Å²) in [5.41, 5.74) is 2.10. The molecule has 3 rings (SSSR count). The van der Waals surface area contributed by atoms with Gasteiger partial charge in [-0.1, -0.05) is 39.0 Å². The summed E-state index contributed by atoms with van der Waals surface area (Å²) in [6, 6.07) is 8.05. The summed E-state index contributed by atoms with van der Waals surface area (Å²) in [4.78, 5) is 30.0. The van der Waals surface area contributed by atoms with Crippen LogP contribution in [0.25, 0.3) is 0 Å². The highest BCUT2D eigenvalue weighted by molar-refractivity contribution is 5.93. The predicted molar refractivity (Wildman–Crippen MR) is 113 cm³/mol. The molecule has 2 fully saturated rings. The highest BCUT2D eigenvalue weighted by atomic mass is 16.2. The van der Waals surface area contributed by atoms with Gasteiger partial charge in [0.25, 0.3) is 0 Å². The van der Waals surface area contributed by atoms with Crippen LogP contribution in [0.2, 0.25) is 0 Å². The van der Waals surface area contributed by atoms with Crippen molar-refractivity contribution in [2.24, 2.45) is 11.8 Å². The Morgan fingerprint density at radius 2 is 1.61 bits per heavy atom. The molecule has 2 amide bonds. The predicted octanol–water partition coefficient (Wildman–Crippen LogP) is 3.72. The Morgan fingerprint density at radius 3 is 2.21 bits per heavy atom. The molecule has 0 atom stereocenters. The molecule has 1 saturated heterocycles. The zero-order valence-corrected chi connectivity index (χ0v) is 17.6. The highest BCUT2D eigenvalue weighted by Crippen LogP contribution is 2.32. The number of para-hydroxylation sites is 1. The lowest BCUT2D eigenvalue weighted by Crippen LogP contribution is -2.50. The number of benzene rings is 1. The molecule has 5 heteroatoms. The standard InChI is InChI=1S/C23H35N3O2/c1-4-25-13-15-26(16-14-25)23(28)19-11-9-18(10-12-19)22(27)24-21-8-6-5-7-20(21)17(2)3/h5-8,17-19H,4,9-16H2,1-3H3,(H,24,27). The fourth-order valence-corrected chi connectivity index (χ4v) is 4.49. The first-order chi connectivity index (χ1) is 13.5. The van der Waals surface area contributed by atoms with Gasteiger partial charge in [0.2, 0.25) is 11.8 Å². The van der Waals surface area contributed by atoms with Crippen LogP contribution in [-0.2, 0) is 9.59 Å². The summed E-state index contributed by atoms with van der Waals surface area (Å²) >= 11 is 0. The van der Waals surface area contributed by atoms with E-state index >= 15 is 0 Å². The van der Waals surface area contributed by atoms with Gasteiger partial charge in [0.15, 0.2) is 0 Å². The molecular formula is C23H35N3O2. The molecule has 154 valence electrons. The van der Waals surface area contributed by atoms with Gasteiger partial charge >= 0.3 is 0 Å². The number of hydrogen-bond acceptors (Lipinski definition) is 3. The van der Waals surface area contributed by atoms with Gasteiger partial charge < -0.3 is 15.1 Å². The number of nitrogens with one attached hydrogen (secondary N) is 1. The molecule has 0 aromatic heterocycles. The van der Waals surface area contributed by atoms with E-state index in [0.29, 0.717) is 11.8 Å². The van der Waals surface area contributed by atoms with E-state index in [1.54, 1.807) is 0 Å². The van der Waals surface area contributed by atoms with Gasteiger partial charge in [-0.3, -0.25) is 9.59 Å². The van der Waals surface area contributed by atoms with Crippen molar-refractivity contribution in [3.63, 3.8) is 0 Å². The van der Waals surface area contributed by atoms with Crippen LogP contribution in [0, 0.1) is 11.8 Å². The van der Waals surface area contributed by atoms with Gasteiger partial charge in [-0.05, 0) is 49.8 Å². The SMILES string of the molecule is CCN1CCN(C(=O)C2CCC(C(=O)Nc3ccccc3C(C)C)CC2)CC1. The molecular weight excluding hydrogens is 350 g/mol. The molecule has 2 aliphatic rings. The minimum absolute atomic E-state index is 0.0150. The van der Waals surface area contributed by atoms with Crippen molar-refractivity contribution in [2.45, 2.75) is 52.4 Å². The number of carbonyl (C=O) groups is 2. The zero-order valence-electron chi connectivity index (χ0n) is 17.6. The Morgan fingerprint density at radius 1 is 1.00 bits per heavy atom. The van der Waals surface area contributed by atoms with E-state index in [1.807, 2.05) is 23.1 Å². The van der Waals surface area contributed by atoms with Crippen LogP contribution >= 0.6 is 0 Å². The quantitative estimate of drug-likeness (QED) is 0.840. The molecule has 1 N–H and O–H groups in total. The minimum atomic E-state index is 0.0150. The van der Waals surface area contributed by atoms with Crippen LogP contribution in [0.1, 0.15) is 57.9 Å². The molecule has 28 heavy (non-hydrogen) atoms. The molecule has 1 aliphatic carbocycles. The largest absolute Gasteiger partial charge is 0.340 e. The van der Waals surface area contributed by atoms with Crippen LogP contribution in [0.15, 0.2) is 24.3 Å². The second kappa shape index (κ2) is 9.55. The second-order valence-electron chi connectivity index (χ2n) is 8.54. The Hall–Kier alpha value is -1.88. The number of piperazine rings is 1. The van der Waals surface area contributed by atoms with Crippen molar-refractivity contribution in [2.75, 3.05) is 38.0 Å². The van der Waals surface area contributed by atoms with Gasteiger partial charge in [0, 0.05) is 43.7 Å². The van der Waals surface area contributed by atoms with Crippen LogP contribution < -0.4 is 5.32 Å². The van der Waals surface area contributed by atoms with Crippen LogP contribution in [0.3, 0.4) is 0 Å². The summed E-state index contributed by atoms with van der Waals surface area (Å²) in [5.74, 6) is 0.898. The normalized spacial score (nSPS) is 23.6. The average Bonchev–Trinajstić information content (AvgIpc) is 2.73. The van der Waals surface area contributed by atoms with Gasteiger partial charge in [0.1, 0.15) is 0 Å². The van der Waals surface area contributed by atoms with Crippen LogP contribution in [0.5, 0.6) is 0 Å². The van der Waals surface area contributed by atoms with Gasteiger partial charge in [0.05, 0.1) is 0 Å². The molecule has 1 aromatic rings. The third-order valence-corrected chi connectivity index (χ3v) is 6.42. The fraction of sp³-hybridized carbons (Fsp3) is 0.652. The smallest absolute Gasteiger partial charge is 0.227 e. The summed E-state index contributed by atoms with van der Waals surface area (Å²) in [5, 5.41) is 3.14. The number of amides is 2. The van der Waals surface area contributed by atoms with Crippen molar-refractivity contribution >= 4 is 17.5 Å². The fourth-order valence-electron chi connectivity index (χ4n) is 4.49. The summed E-state index contributed by atoms with van der Waals surface area (Å²) < 4.78 is 0. The highest BCUT2D eigenvalue weighted by Gasteiger charge is 2.33. The number of hydrogen-bond donors (Lipinski definition) is 1. The Labute approximate surface area is 169 Å². The van der Waals surface area contributed by atoms with E-state index in [2.05, 4.69) is 37.1 Å². The molecule has 1 saturated carbocycles. The van der Waals surface area contributed by atoms with Crippen LogP contribution in [0.4, 0.5) is 5.69 Å². The van der Waals surface area contributed by atoms with Gasteiger partial charge in [-0.25, -0.2) is 0 Å². The molecule has 0 unspecified atom stereocenters. The average molecular weight is 386 g/mol. The Kier molecular flexibility index (Phi) is 7.11. The van der Waals surface area contributed by atoms with E-state index in [0.717, 1.165) is 64.1 Å². The lowest BCUT2D eigenvalue weighted by atomic mass is 9.80. The molecule has 1 aliphatic heterocycles. The Balaban J connectivity index is 1.50. The van der Waals surface area contributed by atoms with Gasteiger partial charge in [-0.2, -0.15) is 0 Å². The number of rotatable bonds is 5. The zero-order chi connectivity index (χ0) is 20.1. The molecule has 5 nitrogen and oxygen atoms in total. The van der Waals surface area contributed by atoms with Crippen LogP contribution in [-0.4, -0.2) is 54.3 Å². The molecule has 0 spiro atoms. The molecule has 1 heterocycles. The second-order valence-corrected chi connectivity index (χ2v) is 8.54.